The molecule has 1 aromatic heterocycles. The Kier molecular flexibility index (Phi) is 6.71. The number of carbonyl (C=O) groups is 3. The highest BCUT2D eigenvalue weighted by Gasteiger charge is 2.34. The lowest BCUT2D eigenvalue weighted by Crippen LogP contribution is -2.32. The average Bonchev–Trinajstić information content (AvgIpc) is 3.42. The summed E-state index contributed by atoms with van der Waals surface area (Å²) in [5.74, 6) is -0.731. The zero-order valence-electron chi connectivity index (χ0n) is 19.8. The summed E-state index contributed by atoms with van der Waals surface area (Å²) < 4.78 is 1.89. The summed E-state index contributed by atoms with van der Waals surface area (Å²) in [5.41, 5.74) is 4.73. The van der Waals surface area contributed by atoms with E-state index < -0.39 is 0 Å². The van der Waals surface area contributed by atoms with Gasteiger partial charge in [0.05, 0.1) is 23.4 Å². The van der Waals surface area contributed by atoms with E-state index in [0.717, 1.165) is 22.4 Å². The molecular weight excluding hydrogens is 452 g/mol. The summed E-state index contributed by atoms with van der Waals surface area (Å²) in [4.78, 5) is 38.8. The van der Waals surface area contributed by atoms with E-state index in [-0.39, 0.29) is 30.7 Å². The lowest BCUT2D eigenvalue weighted by Gasteiger charge is -2.13. The molecule has 0 radical (unpaired) electrons. The molecule has 0 aliphatic carbocycles. The molecule has 5 rings (SSSR count). The van der Waals surface area contributed by atoms with Crippen LogP contribution in [0.1, 0.15) is 44.7 Å². The smallest absolute Gasteiger partial charge is 0.261 e. The number of aromatic nitrogens is 2. The molecule has 0 atom stereocenters. The molecule has 1 aliphatic rings. The first-order valence-corrected chi connectivity index (χ1v) is 12.0. The molecule has 3 aromatic carbocycles. The molecule has 7 nitrogen and oxygen atoms in total. The molecule has 1 N–H and O–H groups in total. The maximum Gasteiger partial charge on any atom is 0.261 e. The van der Waals surface area contributed by atoms with Crippen LogP contribution in [0.5, 0.6) is 0 Å². The van der Waals surface area contributed by atoms with Crippen molar-refractivity contribution in [2.75, 3.05) is 6.54 Å². The fraction of sp³-hybridized carbons (Fsp3) is 0.172. The minimum absolute atomic E-state index is 0.138. The van der Waals surface area contributed by atoms with Gasteiger partial charge in [-0.3, -0.25) is 24.0 Å². The van der Waals surface area contributed by atoms with Crippen molar-refractivity contribution in [3.05, 3.63) is 113 Å². The van der Waals surface area contributed by atoms with Gasteiger partial charge in [-0.1, -0.05) is 72.8 Å². The molecule has 36 heavy (non-hydrogen) atoms. The Morgan fingerprint density at radius 2 is 1.42 bits per heavy atom. The SMILES string of the molecule is O=C(CCCN1C(=O)c2ccccc2C1=O)NCc1cn(Cc2ccccc2)nc1-c1ccccc1. The number of carbonyl (C=O) groups excluding carboxylic acids is 3. The largest absolute Gasteiger partial charge is 0.352 e. The molecule has 0 bridgehead atoms. The average molecular weight is 479 g/mol. The molecule has 0 saturated heterocycles. The number of hydrogen-bond acceptors (Lipinski definition) is 4. The molecule has 3 amide bonds. The maximum absolute atomic E-state index is 12.6. The van der Waals surface area contributed by atoms with Crippen LogP contribution in [0.2, 0.25) is 0 Å². The summed E-state index contributed by atoms with van der Waals surface area (Å²) in [6, 6.07) is 26.8. The monoisotopic (exact) mass is 478 g/mol. The first kappa shape index (κ1) is 23.2. The van der Waals surface area contributed by atoms with Gasteiger partial charge >= 0.3 is 0 Å². The highest BCUT2D eigenvalue weighted by molar-refractivity contribution is 6.21. The normalized spacial score (nSPS) is 12.6. The fourth-order valence-corrected chi connectivity index (χ4v) is 4.40. The third-order valence-electron chi connectivity index (χ3n) is 6.21. The van der Waals surface area contributed by atoms with Crippen LogP contribution in [0.3, 0.4) is 0 Å². The Labute approximate surface area is 209 Å². The number of hydrogen-bond donors (Lipinski definition) is 1. The van der Waals surface area contributed by atoms with Gasteiger partial charge in [-0.15, -0.1) is 0 Å². The third-order valence-corrected chi connectivity index (χ3v) is 6.21. The second-order valence-corrected chi connectivity index (χ2v) is 8.74. The standard InChI is InChI=1S/C29H26N4O3/c34-26(16-9-17-33-28(35)24-14-7-8-15-25(24)29(33)36)30-18-23-20-32(19-21-10-3-1-4-11-21)31-27(23)22-12-5-2-6-13-22/h1-8,10-15,20H,9,16-19H2,(H,30,34). The topological polar surface area (TPSA) is 84.3 Å². The number of rotatable bonds is 9. The van der Waals surface area contributed by atoms with Crippen LogP contribution >= 0.6 is 0 Å². The van der Waals surface area contributed by atoms with Gasteiger partial charge in [0.15, 0.2) is 0 Å². The summed E-state index contributed by atoms with van der Waals surface area (Å²) >= 11 is 0. The third kappa shape index (κ3) is 4.95. The van der Waals surface area contributed by atoms with E-state index >= 15 is 0 Å². The van der Waals surface area contributed by atoms with Gasteiger partial charge in [0.25, 0.3) is 11.8 Å². The van der Waals surface area contributed by atoms with Crippen molar-refractivity contribution in [1.82, 2.24) is 20.0 Å². The molecule has 2 heterocycles. The number of amides is 3. The molecular formula is C29H26N4O3. The predicted molar refractivity (Wildman–Crippen MR) is 136 cm³/mol. The zero-order valence-corrected chi connectivity index (χ0v) is 19.8. The van der Waals surface area contributed by atoms with E-state index in [1.807, 2.05) is 59.4 Å². The second kappa shape index (κ2) is 10.4. The van der Waals surface area contributed by atoms with E-state index in [1.165, 1.54) is 4.90 Å². The van der Waals surface area contributed by atoms with Crippen LogP contribution in [0.25, 0.3) is 11.3 Å². The van der Waals surface area contributed by atoms with Gasteiger partial charge in [-0.05, 0) is 24.1 Å². The quantitative estimate of drug-likeness (QED) is 0.364. The first-order valence-electron chi connectivity index (χ1n) is 12.0. The van der Waals surface area contributed by atoms with Crippen molar-refractivity contribution in [3.8, 4) is 11.3 Å². The summed E-state index contributed by atoms with van der Waals surface area (Å²) in [6.07, 6.45) is 2.58. The zero-order chi connectivity index (χ0) is 24.9. The van der Waals surface area contributed by atoms with E-state index in [1.54, 1.807) is 24.3 Å². The van der Waals surface area contributed by atoms with Crippen molar-refractivity contribution in [1.29, 1.82) is 0 Å². The number of benzene rings is 3. The number of nitrogens with one attached hydrogen (secondary N) is 1. The Bertz CT molecular complexity index is 1360. The van der Waals surface area contributed by atoms with Gasteiger partial charge < -0.3 is 5.32 Å². The van der Waals surface area contributed by atoms with E-state index in [4.69, 9.17) is 5.10 Å². The first-order chi connectivity index (χ1) is 17.6. The minimum Gasteiger partial charge on any atom is -0.352 e. The maximum atomic E-state index is 12.6. The molecule has 0 spiro atoms. The van der Waals surface area contributed by atoms with Crippen LogP contribution in [0.15, 0.2) is 91.1 Å². The van der Waals surface area contributed by atoms with Crippen LogP contribution in [0.4, 0.5) is 0 Å². The van der Waals surface area contributed by atoms with E-state index in [0.29, 0.717) is 30.6 Å². The van der Waals surface area contributed by atoms with Crippen molar-refractivity contribution in [2.45, 2.75) is 25.9 Å². The van der Waals surface area contributed by atoms with Crippen LogP contribution < -0.4 is 5.32 Å². The van der Waals surface area contributed by atoms with Gasteiger partial charge in [-0.25, -0.2) is 0 Å². The Morgan fingerprint density at radius 3 is 2.08 bits per heavy atom. The van der Waals surface area contributed by atoms with Crippen molar-refractivity contribution in [3.63, 3.8) is 0 Å². The Morgan fingerprint density at radius 1 is 0.806 bits per heavy atom. The molecule has 0 unspecified atom stereocenters. The van der Waals surface area contributed by atoms with Gasteiger partial charge in [-0.2, -0.15) is 5.10 Å². The summed E-state index contributed by atoms with van der Waals surface area (Å²) in [5, 5.41) is 7.76. The molecule has 0 saturated carbocycles. The van der Waals surface area contributed by atoms with Crippen LogP contribution in [-0.2, 0) is 17.9 Å². The van der Waals surface area contributed by atoms with Gasteiger partial charge in [0.1, 0.15) is 0 Å². The molecule has 1 aliphatic heterocycles. The van der Waals surface area contributed by atoms with Crippen LogP contribution in [0, 0.1) is 0 Å². The molecule has 180 valence electrons. The Balaban J connectivity index is 1.20. The Hall–Kier alpha value is -4.52. The number of imide groups is 1. The molecule has 0 fully saturated rings. The van der Waals surface area contributed by atoms with E-state index in [2.05, 4.69) is 17.4 Å². The summed E-state index contributed by atoms with van der Waals surface area (Å²) in [6.45, 7) is 1.18. The number of fused-ring (bicyclic) bond motifs is 1. The second-order valence-electron chi connectivity index (χ2n) is 8.74. The van der Waals surface area contributed by atoms with Crippen molar-refractivity contribution in [2.24, 2.45) is 0 Å². The van der Waals surface area contributed by atoms with Crippen LogP contribution in [-0.4, -0.2) is 38.9 Å². The van der Waals surface area contributed by atoms with Crippen molar-refractivity contribution < 1.29 is 14.4 Å². The predicted octanol–water partition coefficient (Wildman–Crippen LogP) is 4.29. The highest BCUT2D eigenvalue weighted by Crippen LogP contribution is 2.24. The minimum atomic E-state index is -0.297. The summed E-state index contributed by atoms with van der Waals surface area (Å²) in [7, 11) is 0. The fourth-order valence-electron chi connectivity index (χ4n) is 4.40. The lowest BCUT2D eigenvalue weighted by atomic mass is 10.1. The van der Waals surface area contributed by atoms with Gasteiger partial charge in [0, 0.05) is 36.8 Å². The van der Waals surface area contributed by atoms with Gasteiger partial charge in [0.2, 0.25) is 5.91 Å². The van der Waals surface area contributed by atoms with Crippen molar-refractivity contribution >= 4 is 17.7 Å². The van der Waals surface area contributed by atoms with E-state index in [9.17, 15) is 14.4 Å². The lowest BCUT2D eigenvalue weighted by molar-refractivity contribution is -0.121. The molecule has 7 heteroatoms. The highest BCUT2D eigenvalue weighted by atomic mass is 16.2. The number of nitrogens with zero attached hydrogens (tertiary/aromatic N) is 3. The molecule has 4 aromatic rings.